The summed E-state index contributed by atoms with van der Waals surface area (Å²) in [7, 11) is -3.20. The van der Waals surface area contributed by atoms with Crippen LogP contribution in [-0.4, -0.2) is 51.2 Å². The molecule has 23 heavy (non-hydrogen) atoms. The van der Waals surface area contributed by atoms with Gasteiger partial charge in [0.1, 0.15) is 0 Å². The molecule has 1 amide bonds. The first-order valence-electron chi connectivity index (χ1n) is 8.05. The summed E-state index contributed by atoms with van der Waals surface area (Å²) >= 11 is 0. The van der Waals surface area contributed by atoms with E-state index in [4.69, 9.17) is 0 Å². The first-order valence-corrected chi connectivity index (χ1v) is 9.70. The second kappa shape index (κ2) is 6.59. The van der Waals surface area contributed by atoms with Crippen LogP contribution in [0.5, 0.6) is 0 Å². The van der Waals surface area contributed by atoms with Crippen molar-refractivity contribution in [2.45, 2.75) is 13.5 Å². The Bertz CT molecular complexity index is 660. The van der Waals surface area contributed by atoms with Crippen LogP contribution in [0.2, 0.25) is 0 Å². The van der Waals surface area contributed by atoms with E-state index >= 15 is 0 Å². The van der Waals surface area contributed by atoms with E-state index in [0.29, 0.717) is 17.4 Å². The fraction of sp³-hybridized carbons (Fsp3) is 0.562. The number of nitrogens with one attached hydrogen (secondary N) is 2. The van der Waals surface area contributed by atoms with Crippen LogP contribution in [0.15, 0.2) is 24.3 Å². The molecule has 0 aliphatic carbocycles. The lowest BCUT2D eigenvalue weighted by Crippen LogP contribution is -2.31. The predicted octanol–water partition coefficient (Wildman–Crippen LogP) is 0.417. The lowest BCUT2D eigenvalue weighted by molar-refractivity contribution is 0.0781. The van der Waals surface area contributed by atoms with Crippen molar-refractivity contribution in [1.29, 1.82) is 0 Å². The second-order valence-corrected chi connectivity index (χ2v) is 8.41. The van der Waals surface area contributed by atoms with Gasteiger partial charge in [0.15, 0.2) is 0 Å². The monoisotopic (exact) mass is 337 g/mol. The minimum absolute atomic E-state index is 0.0652. The summed E-state index contributed by atoms with van der Waals surface area (Å²) in [6, 6.07) is 7.18. The quantitative estimate of drug-likeness (QED) is 0.816. The number of rotatable bonds is 5. The number of sulfonamides is 1. The van der Waals surface area contributed by atoms with Gasteiger partial charge in [0.05, 0.1) is 5.75 Å². The molecular weight excluding hydrogens is 314 g/mol. The van der Waals surface area contributed by atoms with Crippen molar-refractivity contribution >= 4 is 15.9 Å². The number of hydrogen-bond acceptors (Lipinski definition) is 4. The molecule has 1 aromatic carbocycles. The number of benzene rings is 1. The SMILES string of the molecule is CCS(=O)(=O)NCc1ccc(C(=O)N2C[C@H]3CNC[C@H]3C2)cc1. The average molecular weight is 337 g/mol. The molecule has 6 nitrogen and oxygen atoms in total. The third-order valence-corrected chi connectivity index (χ3v) is 6.10. The molecule has 0 saturated carbocycles. The Balaban J connectivity index is 1.60. The first-order chi connectivity index (χ1) is 11.0. The number of hydrogen-bond donors (Lipinski definition) is 2. The maximum Gasteiger partial charge on any atom is 0.253 e. The van der Waals surface area contributed by atoms with E-state index in [0.717, 1.165) is 31.7 Å². The number of likely N-dealkylation sites (tertiary alicyclic amines) is 1. The Hall–Kier alpha value is -1.44. The van der Waals surface area contributed by atoms with E-state index in [1.54, 1.807) is 19.1 Å². The highest BCUT2D eigenvalue weighted by Gasteiger charge is 2.38. The van der Waals surface area contributed by atoms with Gasteiger partial charge in [-0.1, -0.05) is 12.1 Å². The average Bonchev–Trinajstić information content (AvgIpc) is 3.14. The first kappa shape index (κ1) is 16.4. The van der Waals surface area contributed by atoms with Gasteiger partial charge in [-0.25, -0.2) is 13.1 Å². The fourth-order valence-electron chi connectivity index (χ4n) is 3.26. The Morgan fingerprint density at radius 2 is 1.83 bits per heavy atom. The molecule has 2 atom stereocenters. The molecule has 7 heteroatoms. The second-order valence-electron chi connectivity index (χ2n) is 6.31. The van der Waals surface area contributed by atoms with Crippen molar-refractivity contribution in [2.24, 2.45) is 11.8 Å². The zero-order valence-corrected chi connectivity index (χ0v) is 14.1. The van der Waals surface area contributed by atoms with E-state index in [9.17, 15) is 13.2 Å². The molecule has 1 aromatic rings. The molecule has 2 aliphatic heterocycles. The molecule has 2 aliphatic rings. The molecule has 3 rings (SSSR count). The summed E-state index contributed by atoms with van der Waals surface area (Å²) in [6.07, 6.45) is 0. The van der Waals surface area contributed by atoms with Crippen molar-refractivity contribution in [3.05, 3.63) is 35.4 Å². The molecule has 0 radical (unpaired) electrons. The largest absolute Gasteiger partial charge is 0.338 e. The molecule has 2 heterocycles. The Morgan fingerprint density at radius 3 is 2.39 bits per heavy atom. The number of carbonyl (C=O) groups is 1. The zero-order valence-electron chi connectivity index (χ0n) is 13.3. The van der Waals surface area contributed by atoms with Crippen molar-refractivity contribution < 1.29 is 13.2 Å². The molecule has 0 spiro atoms. The smallest absolute Gasteiger partial charge is 0.253 e. The number of carbonyl (C=O) groups excluding carboxylic acids is 1. The van der Waals surface area contributed by atoms with Gasteiger partial charge >= 0.3 is 0 Å². The Labute approximate surface area is 137 Å². The van der Waals surface area contributed by atoms with Crippen LogP contribution in [-0.2, 0) is 16.6 Å². The minimum atomic E-state index is -3.20. The van der Waals surface area contributed by atoms with Crippen LogP contribution in [0.3, 0.4) is 0 Å². The molecule has 2 N–H and O–H groups in total. The van der Waals surface area contributed by atoms with Gasteiger partial charge in [-0.15, -0.1) is 0 Å². The fourth-order valence-corrected chi connectivity index (χ4v) is 3.86. The van der Waals surface area contributed by atoms with E-state index < -0.39 is 10.0 Å². The van der Waals surface area contributed by atoms with Crippen molar-refractivity contribution in [2.75, 3.05) is 31.9 Å². The summed E-state index contributed by atoms with van der Waals surface area (Å²) in [6.45, 7) is 5.52. The van der Waals surface area contributed by atoms with Crippen LogP contribution in [0, 0.1) is 11.8 Å². The van der Waals surface area contributed by atoms with E-state index in [1.165, 1.54) is 0 Å². The van der Waals surface area contributed by atoms with Crippen molar-refractivity contribution in [1.82, 2.24) is 14.9 Å². The summed E-state index contributed by atoms with van der Waals surface area (Å²) < 4.78 is 25.4. The standard InChI is InChI=1S/C16H23N3O3S/c1-2-23(21,22)18-7-12-3-5-13(6-4-12)16(20)19-10-14-8-17-9-15(14)11-19/h3-6,14-15,17-18H,2,7-11H2,1H3/t14-,15+. The maximum absolute atomic E-state index is 12.5. The number of fused-ring (bicyclic) bond motifs is 1. The topological polar surface area (TPSA) is 78.5 Å². The highest BCUT2D eigenvalue weighted by molar-refractivity contribution is 7.89. The molecule has 2 saturated heterocycles. The number of amides is 1. The Morgan fingerprint density at radius 1 is 1.22 bits per heavy atom. The molecule has 0 aromatic heterocycles. The van der Waals surface area contributed by atoms with E-state index in [1.807, 2.05) is 17.0 Å². The van der Waals surface area contributed by atoms with Gasteiger partial charge in [-0.2, -0.15) is 0 Å². The third kappa shape index (κ3) is 3.73. The molecule has 126 valence electrons. The van der Waals surface area contributed by atoms with Crippen LogP contribution in [0.1, 0.15) is 22.8 Å². The van der Waals surface area contributed by atoms with Gasteiger partial charge in [-0.05, 0) is 36.5 Å². The Kier molecular flexibility index (Phi) is 4.70. The van der Waals surface area contributed by atoms with Crippen LogP contribution in [0.25, 0.3) is 0 Å². The minimum Gasteiger partial charge on any atom is -0.338 e. The molecule has 0 unspecified atom stereocenters. The maximum atomic E-state index is 12.5. The highest BCUT2D eigenvalue weighted by atomic mass is 32.2. The molecule has 0 bridgehead atoms. The normalized spacial score (nSPS) is 24.0. The predicted molar refractivity (Wildman–Crippen MR) is 88.5 cm³/mol. The lowest BCUT2D eigenvalue weighted by Gasteiger charge is -2.17. The van der Waals surface area contributed by atoms with E-state index in [-0.39, 0.29) is 18.2 Å². The van der Waals surface area contributed by atoms with Crippen LogP contribution >= 0.6 is 0 Å². The summed E-state index contributed by atoms with van der Waals surface area (Å²) in [5.74, 6) is 1.30. The summed E-state index contributed by atoms with van der Waals surface area (Å²) in [5, 5.41) is 3.37. The van der Waals surface area contributed by atoms with Crippen molar-refractivity contribution in [3.8, 4) is 0 Å². The summed E-state index contributed by atoms with van der Waals surface area (Å²) in [5.41, 5.74) is 1.51. The van der Waals surface area contributed by atoms with Gasteiger partial charge in [0.25, 0.3) is 5.91 Å². The van der Waals surface area contributed by atoms with Crippen LogP contribution < -0.4 is 10.0 Å². The highest BCUT2D eigenvalue weighted by Crippen LogP contribution is 2.27. The van der Waals surface area contributed by atoms with Crippen LogP contribution in [0.4, 0.5) is 0 Å². The van der Waals surface area contributed by atoms with Gasteiger partial charge in [0, 0.05) is 38.3 Å². The van der Waals surface area contributed by atoms with Gasteiger partial charge in [0.2, 0.25) is 10.0 Å². The third-order valence-electron chi connectivity index (χ3n) is 4.75. The molecular formula is C16H23N3O3S. The summed E-state index contributed by atoms with van der Waals surface area (Å²) in [4.78, 5) is 14.5. The van der Waals surface area contributed by atoms with Gasteiger partial charge in [-0.3, -0.25) is 4.79 Å². The lowest BCUT2D eigenvalue weighted by atomic mass is 10.0. The number of nitrogens with zero attached hydrogens (tertiary/aromatic N) is 1. The van der Waals surface area contributed by atoms with Gasteiger partial charge < -0.3 is 10.2 Å². The van der Waals surface area contributed by atoms with E-state index in [2.05, 4.69) is 10.0 Å². The zero-order chi connectivity index (χ0) is 16.4. The molecule has 2 fully saturated rings. The van der Waals surface area contributed by atoms with Crippen molar-refractivity contribution in [3.63, 3.8) is 0 Å².